The van der Waals surface area contributed by atoms with Gasteiger partial charge in [0.25, 0.3) is 0 Å². The highest BCUT2D eigenvalue weighted by molar-refractivity contribution is 7.89. The quantitative estimate of drug-likeness (QED) is 0.353. The number of benzene rings is 1. The average Bonchev–Trinajstić information content (AvgIpc) is 3.63. The zero-order valence-electron chi connectivity index (χ0n) is 21.2. The average molecular weight is 542 g/mol. The fourth-order valence-corrected chi connectivity index (χ4v) is 6.59. The molecule has 0 heterocycles. The van der Waals surface area contributed by atoms with Crippen LogP contribution >= 0.6 is 11.6 Å². The van der Waals surface area contributed by atoms with E-state index in [0.717, 1.165) is 25.7 Å². The molecular weight excluding hydrogens is 502 g/mol. The van der Waals surface area contributed by atoms with E-state index in [-0.39, 0.29) is 29.8 Å². The van der Waals surface area contributed by atoms with Gasteiger partial charge in [-0.15, -0.1) is 0 Å². The van der Waals surface area contributed by atoms with Crippen molar-refractivity contribution in [3.8, 4) is 0 Å². The molecule has 2 saturated carbocycles. The summed E-state index contributed by atoms with van der Waals surface area (Å²) >= 11 is 5.95. The molecule has 2 aliphatic rings. The topological polar surface area (TPSA) is 130 Å². The molecule has 0 radical (unpaired) electrons. The number of carbonyl (C=O) groups is 2. The van der Waals surface area contributed by atoms with Crippen LogP contribution < -0.4 is 11.1 Å². The van der Waals surface area contributed by atoms with Crippen molar-refractivity contribution in [2.45, 2.75) is 82.3 Å². The molecule has 3 rings (SSSR count). The lowest BCUT2D eigenvalue weighted by Gasteiger charge is -2.33. The molecule has 0 aliphatic heterocycles. The summed E-state index contributed by atoms with van der Waals surface area (Å²) < 4.78 is 28.3. The van der Waals surface area contributed by atoms with Gasteiger partial charge in [0.2, 0.25) is 21.8 Å². The third kappa shape index (κ3) is 7.91. The Balaban J connectivity index is 1.78. The molecule has 2 unspecified atom stereocenters. The highest BCUT2D eigenvalue weighted by Gasteiger charge is 2.48. The lowest BCUT2D eigenvalue weighted by atomic mass is 9.83. The van der Waals surface area contributed by atoms with Crippen LogP contribution in [-0.4, -0.2) is 54.9 Å². The van der Waals surface area contributed by atoms with Crippen molar-refractivity contribution < 1.29 is 23.1 Å². The molecule has 1 aromatic carbocycles. The molecule has 0 bridgehead atoms. The molecule has 0 aromatic heterocycles. The van der Waals surface area contributed by atoms with Crippen molar-refractivity contribution in [3.05, 3.63) is 29.3 Å². The number of amides is 2. The van der Waals surface area contributed by atoms with E-state index in [4.69, 9.17) is 17.3 Å². The zero-order valence-corrected chi connectivity index (χ0v) is 22.8. The second-order valence-corrected chi connectivity index (χ2v) is 13.1. The lowest BCUT2D eigenvalue weighted by molar-refractivity contribution is -0.127. The van der Waals surface area contributed by atoms with E-state index in [1.54, 1.807) is 0 Å². The molecule has 10 heteroatoms. The lowest BCUT2D eigenvalue weighted by Crippen LogP contribution is -2.51. The van der Waals surface area contributed by atoms with Gasteiger partial charge in [-0.2, -0.15) is 4.31 Å². The van der Waals surface area contributed by atoms with Crippen LogP contribution in [0.25, 0.3) is 0 Å². The molecule has 4 N–H and O–H groups in total. The number of hydrogen-bond donors (Lipinski definition) is 3. The smallest absolute Gasteiger partial charge is 0.243 e. The largest absolute Gasteiger partial charge is 0.390 e. The molecule has 202 valence electrons. The van der Waals surface area contributed by atoms with Gasteiger partial charge in [-0.1, -0.05) is 57.6 Å². The number of nitrogens with two attached hydrogens (primary N) is 1. The monoisotopic (exact) mass is 541 g/mol. The number of aliphatic hydroxyl groups is 1. The first-order valence-corrected chi connectivity index (χ1v) is 14.8. The summed E-state index contributed by atoms with van der Waals surface area (Å²) in [6.45, 7) is 4.14. The number of halogens is 1. The van der Waals surface area contributed by atoms with Crippen molar-refractivity contribution in [3.63, 3.8) is 0 Å². The van der Waals surface area contributed by atoms with Crippen LogP contribution in [0, 0.1) is 23.7 Å². The second-order valence-electron chi connectivity index (χ2n) is 10.8. The molecule has 0 spiro atoms. The molecule has 4 atom stereocenters. The van der Waals surface area contributed by atoms with Gasteiger partial charge in [0.1, 0.15) is 0 Å². The van der Waals surface area contributed by atoms with Crippen molar-refractivity contribution in [2.24, 2.45) is 29.4 Å². The molecule has 2 fully saturated rings. The molecule has 0 saturated heterocycles. The van der Waals surface area contributed by atoms with Crippen LogP contribution in [0.5, 0.6) is 0 Å². The number of nitrogens with zero attached hydrogens (tertiary/aromatic N) is 1. The van der Waals surface area contributed by atoms with Crippen LogP contribution in [0.4, 0.5) is 0 Å². The Morgan fingerprint density at radius 2 is 1.78 bits per heavy atom. The minimum Gasteiger partial charge on any atom is -0.390 e. The van der Waals surface area contributed by atoms with Crippen molar-refractivity contribution in [1.82, 2.24) is 9.62 Å². The molecule has 2 amide bonds. The Kier molecular flexibility index (Phi) is 10.2. The fourth-order valence-electron chi connectivity index (χ4n) is 4.99. The first kappa shape index (κ1) is 28.9. The third-order valence-corrected chi connectivity index (χ3v) is 9.53. The van der Waals surface area contributed by atoms with Gasteiger partial charge in [-0.05, 0) is 55.4 Å². The maximum atomic E-state index is 13.5. The number of rotatable bonds is 13. The van der Waals surface area contributed by atoms with Crippen LogP contribution in [0.15, 0.2) is 29.2 Å². The first-order chi connectivity index (χ1) is 17.0. The number of sulfonamides is 1. The maximum Gasteiger partial charge on any atom is 0.243 e. The summed E-state index contributed by atoms with van der Waals surface area (Å²) in [6.07, 6.45) is 5.95. The minimum absolute atomic E-state index is 0.109. The first-order valence-electron chi connectivity index (χ1n) is 13.0. The van der Waals surface area contributed by atoms with E-state index >= 15 is 0 Å². The third-order valence-electron chi connectivity index (χ3n) is 7.39. The predicted molar refractivity (Wildman–Crippen MR) is 140 cm³/mol. The summed E-state index contributed by atoms with van der Waals surface area (Å²) in [5.41, 5.74) is 5.35. The van der Waals surface area contributed by atoms with Gasteiger partial charge >= 0.3 is 0 Å². The number of hydrogen-bond acceptors (Lipinski definition) is 5. The Bertz CT molecular complexity index is 995. The van der Waals surface area contributed by atoms with E-state index in [1.165, 1.54) is 35.0 Å². The SMILES string of the molecule is CC(C)CCN(C[C@@H](O)[C@H](CC1CCCCC1)NC(=O)C1CC1C(N)=O)S(=O)(=O)c1ccc(Cl)cc1. The van der Waals surface area contributed by atoms with Crippen molar-refractivity contribution in [2.75, 3.05) is 13.1 Å². The summed E-state index contributed by atoms with van der Waals surface area (Å²) in [6, 6.07) is 5.37. The summed E-state index contributed by atoms with van der Waals surface area (Å²) in [5.74, 6) is -1.12. The number of aliphatic hydroxyl groups excluding tert-OH is 1. The molecule has 36 heavy (non-hydrogen) atoms. The van der Waals surface area contributed by atoms with Gasteiger partial charge in [0, 0.05) is 18.1 Å². The van der Waals surface area contributed by atoms with Gasteiger partial charge in [-0.3, -0.25) is 9.59 Å². The van der Waals surface area contributed by atoms with Gasteiger partial charge < -0.3 is 16.2 Å². The van der Waals surface area contributed by atoms with Crippen LogP contribution in [-0.2, 0) is 19.6 Å². The number of primary amides is 1. The van der Waals surface area contributed by atoms with E-state index < -0.39 is 39.9 Å². The number of carbonyl (C=O) groups excluding carboxylic acids is 2. The van der Waals surface area contributed by atoms with Crippen LogP contribution in [0.2, 0.25) is 5.02 Å². The zero-order chi connectivity index (χ0) is 26.5. The van der Waals surface area contributed by atoms with Crippen molar-refractivity contribution in [1.29, 1.82) is 0 Å². The van der Waals surface area contributed by atoms with Crippen molar-refractivity contribution >= 4 is 33.4 Å². The highest BCUT2D eigenvalue weighted by Crippen LogP contribution is 2.38. The molecule has 1 aromatic rings. The summed E-state index contributed by atoms with van der Waals surface area (Å²) in [4.78, 5) is 24.4. The highest BCUT2D eigenvalue weighted by atomic mass is 35.5. The van der Waals surface area contributed by atoms with E-state index in [9.17, 15) is 23.1 Å². The van der Waals surface area contributed by atoms with Crippen LogP contribution in [0.3, 0.4) is 0 Å². The van der Waals surface area contributed by atoms with E-state index in [1.807, 2.05) is 13.8 Å². The van der Waals surface area contributed by atoms with Crippen LogP contribution in [0.1, 0.15) is 65.2 Å². The van der Waals surface area contributed by atoms with Gasteiger partial charge in [0.05, 0.1) is 28.9 Å². The Morgan fingerprint density at radius 1 is 1.14 bits per heavy atom. The molecule has 8 nitrogen and oxygen atoms in total. The van der Waals surface area contributed by atoms with Gasteiger partial charge in [-0.25, -0.2) is 8.42 Å². The van der Waals surface area contributed by atoms with E-state index in [0.29, 0.717) is 30.2 Å². The predicted octanol–water partition coefficient (Wildman–Crippen LogP) is 3.31. The Labute approximate surface area is 220 Å². The fraction of sp³-hybridized carbons (Fsp3) is 0.692. The molecular formula is C26H40ClN3O5S. The number of nitrogens with one attached hydrogen (secondary N) is 1. The summed E-state index contributed by atoms with van der Waals surface area (Å²) in [7, 11) is -3.89. The standard InChI is InChI=1S/C26H40ClN3O5S/c1-17(2)12-13-30(36(34,35)20-10-8-19(27)9-11-20)16-24(31)23(14-18-6-4-3-5-7-18)29-26(33)22-15-21(22)25(28)32/h8-11,17-18,21-24,31H,3-7,12-16H2,1-2H3,(H2,28,32)(H,29,33)/t21?,22?,23-,24+/m0/s1. The maximum absolute atomic E-state index is 13.5. The molecule has 2 aliphatic carbocycles. The Morgan fingerprint density at radius 3 is 2.33 bits per heavy atom. The minimum atomic E-state index is -3.89. The Hall–Kier alpha value is -1.68. The second kappa shape index (κ2) is 12.7. The summed E-state index contributed by atoms with van der Waals surface area (Å²) in [5, 5.41) is 14.7. The van der Waals surface area contributed by atoms with Gasteiger partial charge in [0.15, 0.2) is 0 Å². The normalized spacial score (nSPS) is 22.4. The van der Waals surface area contributed by atoms with E-state index in [2.05, 4.69) is 5.32 Å².